The molecule has 0 radical (unpaired) electrons. The summed E-state index contributed by atoms with van der Waals surface area (Å²) in [5.41, 5.74) is 1.89. The van der Waals surface area contributed by atoms with Gasteiger partial charge >= 0.3 is 0 Å². The molecule has 1 heterocycles. The van der Waals surface area contributed by atoms with Gasteiger partial charge in [0.1, 0.15) is 17.7 Å². The monoisotopic (exact) mass is 412 g/mol. The second-order valence-corrected chi connectivity index (χ2v) is 7.32. The summed E-state index contributed by atoms with van der Waals surface area (Å²) in [6.07, 6.45) is 0.176. The molecule has 0 bridgehead atoms. The van der Waals surface area contributed by atoms with Crippen LogP contribution in [-0.2, 0) is 4.74 Å². The summed E-state index contributed by atoms with van der Waals surface area (Å²) in [4.78, 5) is 4.16. The van der Waals surface area contributed by atoms with Gasteiger partial charge in [-0.1, -0.05) is 24.3 Å². The zero-order valence-corrected chi connectivity index (χ0v) is 16.2. The van der Waals surface area contributed by atoms with E-state index >= 15 is 0 Å². The van der Waals surface area contributed by atoms with Crippen molar-refractivity contribution in [1.29, 1.82) is 5.26 Å². The van der Waals surface area contributed by atoms with Gasteiger partial charge in [-0.2, -0.15) is 5.26 Å². The number of thioether (sulfide) groups is 1. The topological polar surface area (TPSA) is 66.1 Å². The molecule has 148 valence electrons. The van der Waals surface area contributed by atoms with Crippen molar-refractivity contribution in [2.75, 3.05) is 12.4 Å². The minimum atomic E-state index is -0.795. The minimum Gasteiger partial charge on any atom is -0.390 e. The van der Waals surface area contributed by atoms with Crippen molar-refractivity contribution in [3.8, 4) is 6.07 Å². The highest BCUT2D eigenvalue weighted by molar-refractivity contribution is 7.99. The number of hydrogen-bond acceptors (Lipinski definition) is 5. The van der Waals surface area contributed by atoms with Crippen molar-refractivity contribution in [1.82, 2.24) is 4.98 Å². The molecule has 0 amide bonds. The van der Waals surface area contributed by atoms with Crippen molar-refractivity contribution in [2.45, 2.75) is 17.2 Å². The first-order chi connectivity index (χ1) is 14.0. The number of nitriles is 1. The molecule has 0 aliphatic rings. The first-order valence-electron chi connectivity index (χ1n) is 8.84. The average molecular weight is 412 g/mol. The lowest BCUT2D eigenvalue weighted by atomic mass is 10.0. The molecule has 0 fully saturated rings. The fourth-order valence-corrected chi connectivity index (χ4v) is 3.46. The van der Waals surface area contributed by atoms with E-state index in [2.05, 4.69) is 4.98 Å². The van der Waals surface area contributed by atoms with Crippen molar-refractivity contribution < 1.29 is 18.6 Å². The SMILES string of the molecule is N#Cc1ccnc(SCC(O)COC(c2ccc(F)cc2)c2ccc(F)cc2)c1. The number of nitrogens with zero attached hydrogens (tertiary/aromatic N) is 2. The van der Waals surface area contributed by atoms with Crippen LogP contribution in [0.2, 0.25) is 0 Å². The number of aliphatic hydroxyl groups is 1. The number of rotatable bonds is 8. The molecule has 0 aliphatic heterocycles. The number of aliphatic hydroxyl groups excluding tert-OH is 1. The van der Waals surface area contributed by atoms with E-state index in [4.69, 9.17) is 10.00 Å². The molecule has 4 nitrogen and oxygen atoms in total. The third kappa shape index (κ3) is 6.09. The van der Waals surface area contributed by atoms with E-state index < -0.39 is 12.2 Å². The Hall–Kier alpha value is -2.79. The number of aromatic nitrogens is 1. The van der Waals surface area contributed by atoms with E-state index in [1.165, 1.54) is 36.0 Å². The zero-order valence-electron chi connectivity index (χ0n) is 15.3. The first kappa shape index (κ1) is 20.9. The predicted octanol–water partition coefficient (Wildman–Crippen LogP) is 4.49. The van der Waals surface area contributed by atoms with Gasteiger partial charge in [-0.3, -0.25) is 0 Å². The van der Waals surface area contributed by atoms with Crippen molar-refractivity contribution >= 4 is 11.8 Å². The Bertz CT molecular complexity index is 930. The highest BCUT2D eigenvalue weighted by atomic mass is 32.2. The van der Waals surface area contributed by atoms with Crippen LogP contribution in [0.4, 0.5) is 8.78 Å². The number of pyridine rings is 1. The number of ether oxygens (including phenoxy) is 1. The maximum atomic E-state index is 13.3. The van der Waals surface area contributed by atoms with Crippen LogP contribution in [0.3, 0.4) is 0 Å². The van der Waals surface area contributed by atoms with E-state index in [0.717, 1.165) is 0 Å². The summed E-state index contributed by atoms with van der Waals surface area (Å²) >= 11 is 1.31. The summed E-state index contributed by atoms with van der Waals surface area (Å²) in [6.45, 7) is 0.0182. The second-order valence-electron chi connectivity index (χ2n) is 6.28. The molecule has 3 aromatic rings. The van der Waals surface area contributed by atoms with Gasteiger partial charge in [-0.05, 0) is 47.5 Å². The van der Waals surface area contributed by atoms with Crippen LogP contribution in [0.1, 0.15) is 22.8 Å². The summed E-state index contributed by atoms with van der Waals surface area (Å²) in [7, 11) is 0. The number of halogens is 2. The van der Waals surface area contributed by atoms with Crippen LogP contribution in [0.5, 0.6) is 0 Å². The zero-order chi connectivity index (χ0) is 20.6. The standard InChI is InChI=1S/C22H18F2N2O2S/c23-18-5-1-16(2-6-18)22(17-3-7-19(24)8-4-17)28-13-20(27)14-29-21-11-15(12-25)9-10-26-21/h1-11,20,22,27H,13-14H2. The molecule has 3 rings (SSSR count). The molecule has 1 N–H and O–H groups in total. The Balaban J connectivity index is 1.65. The third-order valence-electron chi connectivity index (χ3n) is 4.09. The fraction of sp³-hybridized carbons (Fsp3) is 0.182. The second kappa shape index (κ2) is 10.1. The maximum absolute atomic E-state index is 13.3. The molecule has 2 aromatic carbocycles. The predicted molar refractivity (Wildman–Crippen MR) is 106 cm³/mol. The van der Waals surface area contributed by atoms with E-state index in [1.54, 1.807) is 42.6 Å². The quantitative estimate of drug-likeness (QED) is 0.552. The van der Waals surface area contributed by atoms with Gasteiger partial charge in [0.2, 0.25) is 0 Å². The molecule has 7 heteroatoms. The molecule has 0 saturated carbocycles. The van der Waals surface area contributed by atoms with Gasteiger partial charge in [0.25, 0.3) is 0 Å². The van der Waals surface area contributed by atoms with Crippen LogP contribution in [-0.4, -0.2) is 28.6 Å². The molecule has 0 saturated heterocycles. The molecular weight excluding hydrogens is 394 g/mol. The normalized spacial score (nSPS) is 12.0. The summed E-state index contributed by atoms with van der Waals surface area (Å²) in [5.74, 6) is -0.410. The fourth-order valence-electron chi connectivity index (χ4n) is 2.65. The Morgan fingerprint density at radius 3 is 2.14 bits per heavy atom. The van der Waals surface area contributed by atoms with Gasteiger partial charge in [0, 0.05) is 11.9 Å². The van der Waals surface area contributed by atoms with Crippen LogP contribution in [0, 0.1) is 23.0 Å². The number of hydrogen-bond donors (Lipinski definition) is 1. The molecular formula is C22H18F2N2O2S. The highest BCUT2D eigenvalue weighted by Crippen LogP contribution is 2.27. The Morgan fingerprint density at radius 1 is 1.00 bits per heavy atom. The Kier molecular flexibility index (Phi) is 7.30. The summed E-state index contributed by atoms with van der Waals surface area (Å²) in [5, 5.41) is 19.9. The van der Waals surface area contributed by atoms with Crippen LogP contribution in [0.15, 0.2) is 71.9 Å². The number of benzene rings is 2. The molecule has 1 unspecified atom stereocenters. The average Bonchev–Trinajstić information content (AvgIpc) is 2.75. The Morgan fingerprint density at radius 2 is 1.59 bits per heavy atom. The van der Waals surface area contributed by atoms with E-state index in [1.807, 2.05) is 6.07 Å². The summed E-state index contributed by atoms with van der Waals surface area (Å²) < 4.78 is 32.5. The van der Waals surface area contributed by atoms with Crippen molar-refractivity contribution in [2.24, 2.45) is 0 Å². The van der Waals surface area contributed by atoms with E-state index in [0.29, 0.717) is 27.5 Å². The van der Waals surface area contributed by atoms with Gasteiger partial charge < -0.3 is 9.84 Å². The van der Waals surface area contributed by atoms with Crippen LogP contribution < -0.4 is 0 Å². The highest BCUT2D eigenvalue weighted by Gasteiger charge is 2.17. The maximum Gasteiger partial charge on any atom is 0.123 e. The van der Waals surface area contributed by atoms with Crippen molar-refractivity contribution in [3.05, 3.63) is 95.2 Å². The summed E-state index contributed by atoms with van der Waals surface area (Å²) in [6, 6.07) is 17.0. The minimum absolute atomic E-state index is 0.0182. The van der Waals surface area contributed by atoms with Crippen LogP contribution in [0.25, 0.3) is 0 Å². The van der Waals surface area contributed by atoms with Gasteiger partial charge in [0.15, 0.2) is 0 Å². The molecule has 29 heavy (non-hydrogen) atoms. The molecule has 1 aromatic heterocycles. The molecule has 1 atom stereocenters. The lowest BCUT2D eigenvalue weighted by Gasteiger charge is -2.21. The first-order valence-corrected chi connectivity index (χ1v) is 9.83. The van der Waals surface area contributed by atoms with Gasteiger partial charge in [-0.25, -0.2) is 13.8 Å². The molecule has 0 spiro atoms. The van der Waals surface area contributed by atoms with Gasteiger partial charge in [0.05, 0.1) is 29.4 Å². The van der Waals surface area contributed by atoms with Crippen molar-refractivity contribution in [3.63, 3.8) is 0 Å². The van der Waals surface area contributed by atoms with E-state index in [9.17, 15) is 13.9 Å². The third-order valence-corrected chi connectivity index (χ3v) is 5.16. The molecule has 0 aliphatic carbocycles. The smallest absolute Gasteiger partial charge is 0.123 e. The van der Waals surface area contributed by atoms with E-state index in [-0.39, 0.29) is 18.2 Å². The van der Waals surface area contributed by atoms with Crippen LogP contribution >= 0.6 is 11.8 Å². The largest absolute Gasteiger partial charge is 0.390 e. The lowest BCUT2D eigenvalue weighted by molar-refractivity contribution is 0.0155. The lowest BCUT2D eigenvalue weighted by Crippen LogP contribution is -2.20. The van der Waals surface area contributed by atoms with Gasteiger partial charge in [-0.15, -0.1) is 11.8 Å². The Labute approximate surface area is 171 Å².